The van der Waals surface area contributed by atoms with Crippen LogP contribution in [0.3, 0.4) is 0 Å². The molecule has 1 aromatic heterocycles. The quantitative estimate of drug-likeness (QED) is 0.623. The molecule has 6 heteroatoms. The van der Waals surface area contributed by atoms with Gasteiger partial charge in [-0.25, -0.2) is 0 Å². The first-order valence-electron chi connectivity index (χ1n) is 5.28. The van der Waals surface area contributed by atoms with E-state index in [2.05, 4.69) is 4.98 Å². The van der Waals surface area contributed by atoms with Gasteiger partial charge in [-0.1, -0.05) is 6.92 Å². The molecule has 0 saturated heterocycles. The number of halogens is 3. The summed E-state index contributed by atoms with van der Waals surface area (Å²) in [5.74, 6) is 0. The molecule has 2 nitrogen and oxygen atoms in total. The molecule has 0 aliphatic rings. The topological polar surface area (TPSA) is 20.7 Å². The molecule has 0 fully saturated rings. The summed E-state index contributed by atoms with van der Waals surface area (Å²) in [5.41, 5.74) is 1.04. The third-order valence-electron chi connectivity index (χ3n) is 2.41. The molecule has 0 radical (unpaired) electrons. The van der Waals surface area contributed by atoms with Gasteiger partial charge in [0.15, 0.2) is 4.77 Å². The number of alkyl halides is 3. The van der Waals surface area contributed by atoms with Crippen LogP contribution in [0.1, 0.15) is 31.9 Å². The van der Waals surface area contributed by atoms with E-state index in [4.69, 9.17) is 12.2 Å². The minimum atomic E-state index is -4.05. The molecule has 0 spiro atoms. The molecule has 0 bridgehead atoms. The highest BCUT2D eigenvalue weighted by atomic mass is 32.1. The van der Waals surface area contributed by atoms with Crippen molar-refractivity contribution in [3.05, 3.63) is 16.7 Å². The van der Waals surface area contributed by atoms with E-state index in [0.717, 1.165) is 12.1 Å². The SMILES string of the molecule is CCc1c[nH]c(=S)n1CCCCC(F)(F)F. The van der Waals surface area contributed by atoms with Crippen molar-refractivity contribution in [2.24, 2.45) is 0 Å². The summed E-state index contributed by atoms with van der Waals surface area (Å²) >= 11 is 5.05. The fourth-order valence-electron chi connectivity index (χ4n) is 1.56. The van der Waals surface area contributed by atoms with Gasteiger partial charge in [-0.2, -0.15) is 13.2 Å². The molecule has 92 valence electrons. The molecule has 16 heavy (non-hydrogen) atoms. The van der Waals surface area contributed by atoms with Crippen LogP contribution >= 0.6 is 12.2 Å². The van der Waals surface area contributed by atoms with Crippen molar-refractivity contribution < 1.29 is 13.2 Å². The van der Waals surface area contributed by atoms with Crippen LogP contribution in [-0.4, -0.2) is 15.7 Å². The maximum absolute atomic E-state index is 11.9. The molecule has 0 aliphatic heterocycles. The van der Waals surface area contributed by atoms with E-state index in [9.17, 15) is 13.2 Å². The first-order valence-corrected chi connectivity index (χ1v) is 5.68. The van der Waals surface area contributed by atoms with Crippen molar-refractivity contribution in [2.45, 2.75) is 45.3 Å². The zero-order chi connectivity index (χ0) is 12.2. The Hall–Kier alpha value is -0.780. The molecule has 0 atom stereocenters. The number of nitrogens with zero attached hydrogens (tertiary/aromatic N) is 1. The molecular formula is C10H15F3N2S. The van der Waals surface area contributed by atoms with Crippen molar-refractivity contribution >= 4 is 12.2 Å². The Balaban J connectivity index is 2.43. The highest BCUT2D eigenvalue weighted by Crippen LogP contribution is 2.22. The maximum Gasteiger partial charge on any atom is 0.389 e. The second-order valence-corrected chi connectivity index (χ2v) is 4.05. The summed E-state index contributed by atoms with van der Waals surface area (Å²) < 4.78 is 38.2. The molecule has 0 aromatic carbocycles. The van der Waals surface area contributed by atoms with Gasteiger partial charge in [-0.3, -0.25) is 0 Å². The molecular weight excluding hydrogens is 237 g/mol. The van der Waals surface area contributed by atoms with E-state index >= 15 is 0 Å². The van der Waals surface area contributed by atoms with Crippen molar-refractivity contribution in [1.29, 1.82) is 0 Å². The highest BCUT2D eigenvalue weighted by Gasteiger charge is 2.25. The Morgan fingerprint density at radius 1 is 1.38 bits per heavy atom. The number of unbranched alkanes of at least 4 members (excludes halogenated alkanes) is 1. The normalized spacial score (nSPS) is 12.0. The van der Waals surface area contributed by atoms with Gasteiger partial charge < -0.3 is 9.55 Å². The van der Waals surface area contributed by atoms with Gasteiger partial charge in [0.25, 0.3) is 0 Å². The van der Waals surface area contributed by atoms with E-state index in [0.29, 0.717) is 17.7 Å². The van der Waals surface area contributed by atoms with Gasteiger partial charge in [0.05, 0.1) is 0 Å². The second-order valence-electron chi connectivity index (χ2n) is 3.66. The lowest BCUT2D eigenvalue weighted by Crippen LogP contribution is -2.08. The minimum Gasteiger partial charge on any atom is -0.337 e. The van der Waals surface area contributed by atoms with Crippen molar-refractivity contribution in [3.63, 3.8) is 0 Å². The number of aromatic amines is 1. The Bertz CT molecular complexity index is 378. The van der Waals surface area contributed by atoms with Crippen LogP contribution in [0.25, 0.3) is 0 Å². The van der Waals surface area contributed by atoms with Crippen molar-refractivity contribution in [2.75, 3.05) is 0 Å². The largest absolute Gasteiger partial charge is 0.389 e. The Kier molecular flexibility index (Phi) is 4.58. The van der Waals surface area contributed by atoms with Gasteiger partial charge >= 0.3 is 6.18 Å². The van der Waals surface area contributed by atoms with Gasteiger partial charge in [-0.15, -0.1) is 0 Å². The first kappa shape index (κ1) is 13.3. The summed E-state index contributed by atoms with van der Waals surface area (Å²) in [6, 6.07) is 0. The predicted molar refractivity (Wildman–Crippen MR) is 58.9 cm³/mol. The molecule has 0 aliphatic carbocycles. The number of H-pyrrole nitrogens is 1. The van der Waals surface area contributed by atoms with E-state index in [-0.39, 0.29) is 6.42 Å². The van der Waals surface area contributed by atoms with Crippen molar-refractivity contribution in [3.8, 4) is 0 Å². The van der Waals surface area contributed by atoms with E-state index in [1.54, 1.807) is 0 Å². The number of hydrogen-bond donors (Lipinski definition) is 1. The predicted octanol–water partition coefficient (Wildman–Crippen LogP) is 3.84. The monoisotopic (exact) mass is 252 g/mol. The molecule has 1 N–H and O–H groups in total. The van der Waals surface area contributed by atoms with E-state index in [1.165, 1.54) is 0 Å². The van der Waals surface area contributed by atoms with Gasteiger partial charge in [0, 0.05) is 24.9 Å². The van der Waals surface area contributed by atoms with E-state index < -0.39 is 12.6 Å². The Morgan fingerprint density at radius 3 is 2.62 bits per heavy atom. The summed E-state index contributed by atoms with van der Waals surface area (Å²) in [4.78, 5) is 2.90. The average Bonchev–Trinajstić information content (AvgIpc) is 2.53. The second kappa shape index (κ2) is 5.52. The van der Waals surface area contributed by atoms with Gasteiger partial charge in [0.1, 0.15) is 0 Å². The number of nitrogens with one attached hydrogen (secondary N) is 1. The maximum atomic E-state index is 11.9. The number of aromatic nitrogens is 2. The lowest BCUT2D eigenvalue weighted by Gasteiger charge is -2.08. The fourth-order valence-corrected chi connectivity index (χ4v) is 1.83. The summed E-state index contributed by atoms with van der Waals surface area (Å²) in [6.07, 6.45) is -1.48. The molecule has 1 aromatic rings. The van der Waals surface area contributed by atoms with Crippen LogP contribution in [0.5, 0.6) is 0 Å². The van der Waals surface area contributed by atoms with Gasteiger partial charge in [-0.05, 0) is 31.5 Å². The fraction of sp³-hybridized carbons (Fsp3) is 0.700. The number of aryl methyl sites for hydroxylation is 1. The highest BCUT2D eigenvalue weighted by molar-refractivity contribution is 7.71. The van der Waals surface area contributed by atoms with Crippen LogP contribution in [0, 0.1) is 4.77 Å². The minimum absolute atomic E-state index is 0.152. The average molecular weight is 252 g/mol. The van der Waals surface area contributed by atoms with Crippen LogP contribution < -0.4 is 0 Å². The zero-order valence-corrected chi connectivity index (χ0v) is 9.92. The smallest absolute Gasteiger partial charge is 0.337 e. The lowest BCUT2D eigenvalue weighted by molar-refractivity contribution is -0.135. The molecule has 1 heterocycles. The van der Waals surface area contributed by atoms with Crippen LogP contribution in [-0.2, 0) is 13.0 Å². The standard InChI is InChI=1S/C10H15F3N2S/c1-2-8-7-14-9(16)15(8)6-4-3-5-10(11,12)13/h7H,2-6H2,1H3,(H,14,16). The summed E-state index contributed by atoms with van der Waals surface area (Å²) in [6.45, 7) is 2.55. The lowest BCUT2D eigenvalue weighted by atomic mass is 10.2. The Morgan fingerprint density at radius 2 is 2.06 bits per heavy atom. The molecule has 0 saturated carbocycles. The van der Waals surface area contributed by atoms with Crippen LogP contribution in [0.4, 0.5) is 13.2 Å². The van der Waals surface area contributed by atoms with Crippen LogP contribution in [0.15, 0.2) is 6.20 Å². The first-order chi connectivity index (χ1) is 7.44. The van der Waals surface area contributed by atoms with Crippen molar-refractivity contribution in [1.82, 2.24) is 9.55 Å². The number of rotatable bonds is 5. The molecule has 1 rings (SSSR count). The summed E-state index contributed by atoms with van der Waals surface area (Å²) in [7, 11) is 0. The third kappa shape index (κ3) is 4.00. The Labute approximate surface area is 97.5 Å². The third-order valence-corrected chi connectivity index (χ3v) is 2.75. The molecule has 0 amide bonds. The van der Waals surface area contributed by atoms with E-state index in [1.807, 2.05) is 17.7 Å². The van der Waals surface area contributed by atoms with Gasteiger partial charge in [0.2, 0.25) is 0 Å². The number of imidazole rings is 1. The number of hydrogen-bond acceptors (Lipinski definition) is 1. The zero-order valence-electron chi connectivity index (χ0n) is 9.10. The van der Waals surface area contributed by atoms with Crippen LogP contribution in [0.2, 0.25) is 0 Å². The summed E-state index contributed by atoms with van der Waals surface area (Å²) in [5, 5.41) is 0. The molecule has 0 unspecified atom stereocenters.